The molecule has 0 aliphatic rings. The molecule has 642 valence electrons. The van der Waals surface area contributed by atoms with E-state index < -0.39 is 97.5 Å². The van der Waals surface area contributed by atoms with E-state index in [1.165, 1.54) is 295 Å². The van der Waals surface area contributed by atoms with Crippen molar-refractivity contribution in [3.8, 4) is 0 Å². The van der Waals surface area contributed by atoms with Gasteiger partial charge in [0.05, 0.1) is 26.4 Å². The number of esters is 4. The molecule has 0 aromatic carbocycles. The highest BCUT2D eigenvalue weighted by atomic mass is 31.2. The number of ether oxygens (including phenoxy) is 4. The minimum Gasteiger partial charge on any atom is -0.462 e. The van der Waals surface area contributed by atoms with Crippen LogP contribution in [0.1, 0.15) is 478 Å². The fourth-order valence-electron chi connectivity index (χ4n) is 13.9. The standard InChI is InChI=1S/C89H174O17P2/c1-7-10-12-14-16-18-20-22-24-26-28-30-32-34-39-43-47-55-61-67-73-88(93)105-84(77-99-86(91)71-65-59-53-46-42-38-33-31-29-27-25-23-21-19-17-15-13-11-8-2)79-103-107(95,96)101-75-83(90)76-102-108(97,98)104-80-85(78-100-87(92)72-66-60-54-50-49-51-57-63-69-81(4)5)106-89(94)74-68-62-56-48-44-40-36-35-37-41-45-52-58-64-70-82(6)9-3/h81-85,90H,7-80H2,1-6H3,(H,95,96)(H,97,98)/t82?,83-,84-,85-/m1/s1. The molecule has 0 saturated heterocycles. The molecular formula is C89H174O17P2. The van der Waals surface area contributed by atoms with Crippen molar-refractivity contribution in [2.45, 2.75) is 496 Å². The number of hydrogen-bond acceptors (Lipinski definition) is 15. The molecule has 0 fully saturated rings. The number of rotatable bonds is 88. The van der Waals surface area contributed by atoms with E-state index in [4.69, 9.17) is 37.0 Å². The lowest BCUT2D eigenvalue weighted by Gasteiger charge is -2.21. The molecule has 19 heteroatoms. The van der Waals surface area contributed by atoms with Crippen LogP contribution in [0.25, 0.3) is 0 Å². The van der Waals surface area contributed by atoms with E-state index in [0.717, 1.165) is 102 Å². The number of phosphoric ester groups is 2. The molecule has 0 radical (unpaired) electrons. The van der Waals surface area contributed by atoms with Gasteiger partial charge in [0.15, 0.2) is 12.2 Å². The van der Waals surface area contributed by atoms with Crippen molar-refractivity contribution < 1.29 is 80.2 Å². The third-order valence-electron chi connectivity index (χ3n) is 21.3. The summed E-state index contributed by atoms with van der Waals surface area (Å²) >= 11 is 0. The van der Waals surface area contributed by atoms with Gasteiger partial charge in [-0.2, -0.15) is 0 Å². The van der Waals surface area contributed by atoms with Gasteiger partial charge in [0.25, 0.3) is 0 Å². The molecule has 0 aliphatic carbocycles. The number of aliphatic hydroxyl groups excluding tert-OH is 1. The van der Waals surface area contributed by atoms with E-state index in [0.29, 0.717) is 25.7 Å². The first-order valence-corrected chi connectivity index (χ1v) is 49.0. The van der Waals surface area contributed by atoms with Crippen molar-refractivity contribution in [1.82, 2.24) is 0 Å². The highest BCUT2D eigenvalue weighted by Gasteiger charge is 2.31. The quantitative estimate of drug-likeness (QED) is 0.0222. The van der Waals surface area contributed by atoms with Crippen LogP contribution in [0.2, 0.25) is 0 Å². The molecule has 0 rings (SSSR count). The van der Waals surface area contributed by atoms with Gasteiger partial charge in [-0.3, -0.25) is 37.3 Å². The minimum atomic E-state index is -4.97. The van der Waals surface area contributed by atoms with E-state index in [1.807, 2.05) is 0 Å². The summed E-state index contributed by atoms with van der Waals surface area (Å²) in [4.78, 5) is 73.3. The number of carbonyl (C=O) groups excluding carboxylic acids is 4. The topological polar surface area (TPSA) is 237 Å². The van der Waals surface area contributed by atoms with Gasteiger partial charge >= 0.3 is 39.5 Å². The predicted molar refractivity (Wildman–Crippen MR) is 446 cm³/mol. The third kappa shape index (κ3) is 80.7. The second kappa shape index (κ2) is 80.3. The Labute approximate surface area is 664 Å². The zero-order chi connectivity index (χ0) is 79.2. The van der Waals surface area contributed by atoms with Gasteiger partial charge in [0.2, 0.25) is 0 Å². The van der Waals surface area contributed by atoms with Crippen LogP contribution in [-0.4, -0.2) is 96.7 Å². The van der Waals surface area contributed by atoms with Crippen LogP contribution >= 0.6 is 15.6 Å². The molecule has 0 aromatic rings. The lowest BCUT2D eigenvalue weighted by Crippen LogP contribution is -2.30. The molecule has 0 heterocycles. The van der Waals surface area contributed by atoms with Crippen LogP contribution in [0.3, 0.4) is 0 Å². The van der Waals surface area contributed by atoms with E-state index in [-0.39, 0.29) is 25.7 Å². The summed E-state index contributed by atoms with van der Waals surface area (Å²) < 4.78 is 69.0. The monoisotopic (exact) mass is 1580 g/mol. The van der Waals surface area contributed by atoms with Crippen molar-refractivity contribution in [3.63, 3.8) is 0 Å². The number of unbranched alkanes of at least 4 members (excludes halogenated alkanes) is 57. The molecule has 0 saturated carbocycles. The van der Waals surface area contributed by atoms with Gasteiger partial charge in [-0.25, -0.2) is 9.13 Å². The molecule has 17 nitrogen and oxygen atoms in total. The summed E-state index contributed by atoms with van der Waals surface area (Å²) in [6.07, 6.45) is 73.6. The number of carbonyl (C=O) groups is 4. The summed E-state index contributed by atoms with van der Waals surface area (Å²) in [6.45, 7) is 9.71. The average molecular weight is 1580 g/mol. The number of hydrogen-bond donors (Lipinski definition) is 3. The fraction of sp³-hybridized carbons (Fsp3) is 0.955. The normalized spacial score (nSPS) is 14.0. The third-order valence-corrected chi connectivity index (χ3v) is 23.2. The summed E-state index contributed by atoms with van der Waals surface area (Å²) in [7, 11) is -9.93. The minimum absolute atomic E-state index is 0.107. The summed E-state index contributed by atoms with van der Waals surface area (Å²) in [5, 5.41) is 10.7. The molecule has 0 aliphatic heterocycles. The van der Waals surface area contributed by atoms with E-state index in [2.05, 4.69) is 41.5 Å². The Morgan fingerprint density at radius 3 is 0.704 bits per heavy atom. The second-order valence-electron chi connectivity index (χ2n) is 32.7. The van der Waals surface area contributed by atoms with Gasteiger partial charge in [-0.1, -0.05) is 427 Å². The Balaban J connectivity index is 5.24. The van der Waals surface area contributed by atoms with E-state index in [1.54, 1.807) is 0 Å². The number of aliphatic hydroxyl groups is 1. The fourth-order valence-corrected chi connectivity index (χ4v) is 15.5. The molecular weight excluding hydrogens is 1400 g/mol. The van der Waals surface area contributed by atoms with Gasteiger partial charge in [-0.15, -0.1) is 0 Å². The van der Waals surface area contributed by atoms with E-state index in [9.17, 15) is 43.2 Å². The SMILES string of the molecule is CCCCCCCCCCCCCCCCCCCCCCC(=O)O[C@H](COC(=O)CCCCCCCCCCCCCCCCCCCCC)COP(=O)(O)OC[C@@H](O)COP(=O)(O)OC[C@@H](COC(=O)CCCCCCCCCCC(C)C)OC(=O)CCCCCCCCCCCCCCCCC(C)CC. The summed E-state index contributed by atoms with van der Waals surface area (Å²) in [5.41, 5.74) is 0. The first-order valence-electron chi connectivity index (χ1n) is 46.0. The van der Waals surface area contributed by atoms with Crippen molar-refractivity contribution in [3.05, 3.63) is 0 Å². The molecule has 3 N–H and O–H groups in total. The average Bonchev–Trinajstić information content (AvgIpc) is 0.899. The number of phosphoric acid groups is 2. The van der Waals surface area contributed by atoms with Crippen molar-refractivity contribution in [1.29, 1.82) is 0 Å². The Morgan fingerprint density at radius 2 is 0.472 bits per heavy atom. The van der Waals surface area contributed by atoms with Crippen LogP contribution in [0.5, 0.6) is 0 Å². The molecule has 6 atom stereocenters. The van der Waals surface area contributed by atoms with Crippen LogP contribution < -0.4 is 0 Å². The molecule has 0 spiro atoms. The molecule has 3 unspecified atom stereocenters. The molecule has 108 heavy (non-hydrogen) atoms. The van der Waals surface area contributed by atoms with Crippen molar-refractivity contribution in [2.24, 2.45) is 11.8 Å². The van der Waals surface area contributed by atoms with Gasteiger partial charge < -0.3 is 33.8 Å². The highest BCUT2D eigenvalue weighted by molar-refractivity contribution is 7.47. The molecule has 0 aromatic heterocycles. The van der Waals surface area contributed by atoms with Crippen LogP contribution in [0.4, 0.5) is 0 Å². The molecule has 0 amide bonds. The van der Waals surface area contributed by atoms with Gasteiger partial charge in [-0.05, 0) is 37.5 Å². The van der Waals surface area contributed by atoms with Gasteiger partial charge in [0, 0.05) is 25.7 Å². The zero-order valence-corrected chi connectivity index (χ0v) is 73.0. The maximum absolute atomic E-state index is 13.2. The van der Waals surface area contributed by atoms with Crippen LogP contribution in [0, 0.1) is 11.8 Å². The van der Waals surface area contributed by atoms with Crippen LogP contribution in [-0.2, 0) is 65.4 Å². The van der Waals surface area contributed by atoms with Crippen LogP contribution in [0.15, 0.2) is 0 Å². The molecule has 0 bridgehead atoms. The highest BCUT2D eigenvalue weighted by Crippen LogP contribution is 2.45. The van der Waals surface area contributed by atoms with Crippen molar-refractivity contribution in [2.75, 3.05) is 39.6 Å². The second-order valence-corrected chi connectivity index (χ2v) is 35.6. The Morgan fingerprint density at radius 1 is 0.269 bits per heavy atom. The first kappa shape index (κ1) is 106. The Bertz CT molecular complexity index is 2070. The van der Waals surface area contributed by atoms with Crippen molar-refractivity contribution >= 4 is 39.5 Å². The largest absolute Gasteiger partial charge is 0.472 e. The zero-order valence-electron chi connectivity index (χ0n) is 71.2. The first-order chi connectivity index (χ1) is 52.4. The lowest BCUT2D eigenvalue weighted by atomic mass is 9.99. The predicted octanol–water partition coefficient (Wildman–Crippen LogP) is 27.4. The van der Waals surface area contributed by atoms with Gasteiger partial charge in [0.1, 0.15) is 19.3 Å². The smallest absolute Gasteiger partial charge is 0.462 e. The maximum atomic E-state index is 13.2. The Hall–Kier alpha value is -1.94. The van der Waals surface area contributed by atoms with E-state index >= 15 is 0 Å². The summed E-state index contributed by atoms with van der Waals surface area (Å²) in [6, 6.07) is 0. The Kier molecular flexibility index (Phi) is 78.8. The lowest BCUT2D eigenvalue weighted by molar-refractivity contribution is -0.161. The maximum Gasteiger partial charge on any atom is 0.472 e. The summed E-state index contributed by atoms with van der Waals surface area (Å²) in [5.74, 6) is -0.527.